The van der Waals surface area contributed by atoms with E-state index in [0.717, 1.165) is 57.2 Å². The molecule has 4 fully saturated rings. The van der Waals surface area contributed by atoms with E-state index in [1.165, 1.54) is 12.8 Å². The van der Waals surface area contributed by atoms with Gasteiger partial charge in [-0.2, -0.15) is 0 Å². The Bertz CT molecular complexity index is 2290. The van der Waals surface area contributed by atoms with Gasteiger partial charge >= 0.3 is 23.8 Å². The second-order valence-electron chi connectivity index (χ2n) is 22.1. The number of halogens is 5. The molecular weight excluding hydrogens is 1130 g/mol. The molecule has 2 unspecified atom stereocenters. The zero-order valence-electron chi connectivity index (χ0n) is 47.1. The van der Waals surface area contributed by atoms with Crippen LogP contribution >= 0.6 is 58.0 Å². The molecule has 4 aliphatic rings. The molecule has 2 aliphatic heterocycles. The molecule has 3 N–H and O–H groups in total. The van der Waals surface area contributed by atoms with Crippen molar-refractivity contribution in [1.29, 1.82) is 0 Å². The molecular formula is C56H83Cl5N6O12. The number of hydrogen-bond donors (Lipinski definition) is 3. The third kappa shape index (κ3) is 23.8. The van der Waals surface area contributed by atoms with Crippen LogP contribution in [0.3, 0.4) is 0 Å². The maximum Gasteiger partial charge on any atom is 0.508 e. The number of carbonyl (C=O) groups is 6. The molecule has 0 spiro atoms. The average Bonchev–Trinajstić information content (AvgIpc) is 3.40. The van der Waals surface area contributed by atoms with Crippen LogP contribution in [0.4, 0.5) is 19.2 Å². The van der Waals surface area contributed by atoms with Crippen molar-refractivity contribution >= 4 is 93.6 Å². The maximum atomic E-state index is 13.7. The van der Waals surface area contributed by atoms with Gasteiger partial charge in [0.1, 0.15) is 23.3 Å². The van der Waals surface area contributed by atoms with Gasteiger partial charge in [-0.15, -0.1) is 0 Å². The summed E-state index contributed by atoms with van der Waals surface area (Å²) in [5.74, 6) is 0.208. The fourth-order valence-electron chi connectivity index (χ4n) is 10.3. The predicted molar refractivity (Wildman–Crippen MR) is 307 cm³/mol. The summed E-state index contributed by atoms with van der Waals surface area (Å²) in [4.78, 5) is 82.0. The summed E-state index contributed by atoms with van der Waals surface area (Å²) in [5, 5.41) is 17.2. The van der Waals surface area contributed by atoms with Gasteiger partial charge in [0.25, 0.3) is 0 Å². The molecule has 6 atom stereocenters. The molecule has 2 heterocycles. The first-order valence-corrected chi connectivity index (χ1v) is 29.3. The number of nitrogens with one attached hydrogen (secondary N) is 2. The summed E-state index contributed by atoms with van der Waals surface area (Å²) in [7, 11) is 0. The fourth-order valence-corrected chi connectivity index (χ4v) is 11.4. The van der Waals surface area contributed by atoms with E-state index in [0.29, 0.717) is 90.1 Å². The first kappa shape index (κ1) is 67.5. The highest BCUT2D eigenvalue weighted by Crippen LogP contribution is 2.32. The van der Waals surface area contributed by atoms with Crippen LogP contribution in [-0.4, -0.2) is 174 Å². The Morgan fingerprint density at radius 1 is 0.582 bits per heavy atom. The molecule has 4 amide bonds. The third-order valence-electron chi connectivity index (χ3n) is 14.0. The van der Waals surface area contributed by atoms with Crippen LogP contribution in [0.1, 0.15) is 118 Å². The number of amides is 4. The van der Waals surface area contributed by atoms with E-state index in [1.54, 1.807) is 102 Å². The molecule has 6 rings (SSSR count). The van der Waals surface area contributed by atoms with E-state index in [2.05, 4.69) is 25.2 Å². The van der Waals surface area contributed by atoms with Crippen LogP contribution in [-0.2, 0) is 46.1 Å². The number of aliphatic hydroxyl groups is 1. The Hall–Kier alpha value is -4.01. The van der Waals surface area contributed by atoms with Crippen LogP contribution in [0.15, 0.2) is 36.4 Å². The number of piperazine rings is 2. The molecule has 2 aromatic carbocycles. The largest absolute Gasteiger partial charge is 0.508 e. The second-order valence-corrected chi connectivity index (χ2v) is 24.1. The minimum absolute atomic E-state index is 0.154. The normalized spacial score (nSPS) is 20.8. The third-order valence-corrected chi connectivity index (χ3v) is 15.2. The van der Waals surface area contributed by atoms with Crippen molar-refractivity contribution < 1.29 is 57.6 Å². The molecule has 2 saturated carbocycles. The monoisotopic (exact) mass is 1210 g/mol. The number of aliphatic hydroxyl groups excluding tert-OH is 1. The number of rotatable bonds is 15. The van der Waals surface area contributed by atoms with Crippen molar-refractivity contribution in [2.75, 3.05) is 78.8 Å². The highest BCUT2D eigenvalue weighted by molar-refractivity contribution is 6.61. The average molecular weight is 1210 g/mol. The molecule has 0 aromatic heterocycles. The van der Waals surface area contributed by atoms with E-state index in [-0.39, 0.29) is 49.8 Å². The minimum Gasteiger partial charge on any atom is -0.454 e. The van der Waals surface area contributed by atoms with E-state index >= 15 is 0 Å². The first-order valence-electron chi connectivity index (χ1n) is 27.5. The lowest BCUT2D eigenvalue weighted by Gasteiger charge is -2.44. The van der Waals surface area contributed by atoms with E-state index in [1.807, 2.05) is 0 Å². The van der Waals surface area contributed by atoms with Crippen LogP contribution in [0.25, 0.3) is 0 Å². The van der Waals surface area contributed by atoms with Crippen molar-refractivity contribution in [3.8, 4) is 0 Å². The molecule has 79 heavy (non-hydrogen) atoms. The zero-order valence-corrected chi connectivity index (χ0v) is 50.9. The van der Waals surface area contributed by atoms with Crippen molar-refractivity contribution in [2.45, 2.75) is 155 Å². The number of benzene rings is 2. The summed E-state index contributed by atoms with van der Waals surface area (Å²) < 4.78 is 25.3. The number of nitrogens with zero attached hydrogens (tertiary/aromatic N) is 4. The molecule has 0 radical (unpaired) electrons. The smallest absolute Gasteiger partial charge is 0.454 e. The number of hydrogen-bond acceptors (Lipinski definition) is 14. The lowest BCUT2D eigenvalue weighted by atomic mass is 9.83. The first-order chi connectivity index (χ1) is 37.3. The van der Waals surface area contributed by atoms with Gasteiger partial charge in [-0.05, 0) is 122 Å². The Morgan fingerprint density at radius 3 is 1.33 bits per heavy atom. The number of ether oxygens (including phenoxy) is 5. The highest BCUT2D eigenvalue weighted by atomic mass is 35.5. The SMILES string of the molecule is CC(C)(C)OC(=O)NC(Cc1ccc(Cl)cc1Cl)C(=O)N1CCN([C@@H]2CCCC[C@H]2CO)CC1.CCOC(=O)Cl.CCOC(=O)OC[C@@H]1CCCC[C@H]1N1CCN(C(=O)C(Cc2ccc(Cl)cc2Cl)NC(=O)OC(C)(C)C)CC1. The Morgan fingerprint density at radius 2 is 0.975 bits per heavy atom. The quantitative estimate of drug-likeness (QED) is 0.0862. The van der Waals surface area contributed by atoms with E-state index in [4.69, 9.17) is 77.0 Å². The molecule has 2 saturated heterocycles. The topological polar surface area (TPSA) is 206 Å². The Labute approximate surface area is 492 Å². The lowest BCUT2D eigenvalue weighted by molar-refractivity contribution is -0.136. The van der Waals surface area contributed by atoms with Crippen LogP contribution in [0.5, 0.6) is 0 Å². The second kappa shape index (κ2) is 33.2. The van der Waals surface area contributed by atoms with Crippen molar-refractivity contribution in [2.24, 2.45) is 11.8 Å². The lowest BCUT2D eigenvalue weighted by Crippen LogP contribution is -2.58. The van der Waals surface area contributed by atoms with Crippen molar-refractivity contribution in [3.63, 3.8) is 0 Å². The molecule has 444 valence electrons. The van der Waals surface area contributed by atoms with E-state index < -0.39 is 47.1 Å². The summed E-state index contributed by atoms with van der Waals surface area (Å²) in [6.45, 7) is 20.4. The van der Waals surface area contributed by atoms with Gasteiger partial charge < -0.3 is 49.2 Å². The van der Waals surface area contributed by atoms with Gasteiger partial charge in [0.05, 0.1) is 19.8 Å². The van der Waals surface area contributed by atoms with Gasteiger partial charge in [0.2, 0.25) is 11.8 Å². The summed E-state index contributed by atoms with van der Waals surface area (Å²) in [5.41, 5.74) is -0.676. The summed E-state index contributed by atoms with van der Waals surface area (Å²) in [6, 6.07) is 9.24. The van der Waals surface area contributed by atoms with Crippen LogP contribution in [0, 0.1) is 11.8 Å². The predicted octanol–water partition coefficient (Wildman–Crippen LogP) is 10.8. The van der Waals surface area contributed by atoms with Gasteiger partial charge in [-0.1, -0.05) is 84.2 Å². The molecule has 18 nitrogen and oxygen atoms in total. The van der Waals surface area contributed by atoms with E-state index in [9.17, 15) is 33.9 Å². The van der Waals surface area contributed by atoms with Gasteiger partial charge in [-0.25, -0.2) is 19.2 Å². The maximum absolute atomic E-state index is 13.7. The highest BCUT2D eigenvalue weighted by Gasteiger charge is 2.38. The minimum atomic E-state index is -0.842. The fraction of sp³-hybridized carbons (Fsp3) is 0.679. The molecule has 2 aromatic rings. The van der Waals surface area contributed by atoms with Crippen molar-refractivity contribution in [1.82, 2.24) is 30.2 Å². The van der Waals surface area contributed by atoms with Crippen LogP contribution in [0.2, 0.25) is 20.1 Å². The van der Waals surface area contributed by atoms with Gasteiger partial charge in [0.15, 0.2) is 0 Å². The molecule has 0 bridgehead atoms. The van der Waals surface area contributed by atoms with Crippen molar-refractivity contribution in [3.05, 3.63) is 67.6 Å². The van der Waals surface area contributed by atoms with Gasteiger partial charge in [0, 0.05) is 121 Å². The zero-order chi connectivity index (χ0) is 58.5. The number of alkyl carbamates (subject to hydrolysis) is 2. The molecule has 23 heteroatoms. The standard InChI is InChI=1S/C28H41Cl2N3O6.C25H37Cl2N3O4.C3H5ClO2/c1-5-37-27(36)38-18-20-8-6-7-9-24(20)32-12-14-33(15-13-32)25(34)23(31-26(35)39-28(2,3)4)16-19-10-11-21(29)17-22(19)30;1-25(2,3)34-24(33)28-21(14-17-8-9-19(26)15-20(17)27)23(32)30-12-10-29(11-13-30)22-7-5-4-6-18(22)16-31;1-2-6-3(4)5/h10-11,17,20,23-24H,5-9,12-16,18H2,1-4H3,(H,31,35);8-9,15,18,21-22,31H,4-7,10-14,16H2,1-3H3,(H,28,33);2H2,1H3/t20-,23?,24+;18-,21?,22+;/m00./s1. The Kier molecular flexibility index (Phi) is 28.4. The van der Waals surface area contributed by atoms with Gasteiger partial charge in [-0.3, -0.25) is 19.4 Å². The summed E-state index contributed by atoms with van der Waals surface area (Å²) >= 11 is 29.5. The van der Waals surface area contributed by atoms with Crippen LogP contribution < -0.4 is 10.6 Å². The molecule has 2 aliphatic carbocycles. The Balaban J connectivity index is 0.000000311. The summed E-state index contributed by atoms with van der Waals surface area (Å²) in [6.07, 6.45) is 7.31. The number of carbonyl (C=O) groups excluding carboxylic acids is 6.